The van der Waals surface area contributed by atoms with Gasteiger partial charge in [-0.15, -0.1) is 0 Å². The first-order valence-electron chi connectivity index (χ1n) is 8.62. The third kappa shape index (κ3) is 4.03. The van der Waals surface area contributed by atoms with Gasteiger partial charge in [-0.2, -0.15) is 4.98 Å². The van der Waals surface area contributed by atoms with Gasteiger partial charge in [0, 0.05) is 25.7 Å². The van der Waals surface area contributed by atoms with Gasteiger partial charge in [0.15, 0.2) is 5.58 Å². The summed E-state index contributed by atoms with van der Waals surface area (Å²) in [5, 5.41) is 9.17. The van der Waals surface area contributed by atoms with Crippen molar-refractivity contribution in [2.24, 2.45) is 0 Å². The van der Waals surface area contributed by atoms with E-state index in [0.717, 1.165) is 49.6 Å². The number of benzene rings is 1. The van der Waals surface area contributed by atoms with Gasteiger partial charge in [-0.25, -0.2) is 0 Å². The lowest BCUT2D eigenvalue weighted by Gasteiger charge is -2.32. The van der Waals surface area contributed by atoms with Crippen molar-refractivity contribution in [2.45, 2.75) is 44.8 Å². The number of nitrogens with zero attached hydrogens (tertiary/aromatic N) is 3. The minimum atomic E-state index is -0.0452. The molecular formula is C18H27N3O2. The van der Waals surface area contributed by atoms with Gasteiger partial charge in [0.2, 0.25) is 0 Å². The fourth-order valence-corrected chi connectivity index (χ4v) is 3.17. The number of oxazole rings is 1. The monoisotopic (exact) mass is 317 g/mol. The van der Waals surface area contributed by atoms with E-state index in [1.54, 1.807) is 0 Å². The lowest BCUT2D eigenvalue weighted by Crippen LogP contribution is -2.39. The minimum absolute atomic E-state index is 0.0452. The summed E-state index contributed by atoms with van der Waals surface area (Å²) in [6.07, 6.45) is 4.34. The van der Waals surface area contributed by atoms with Crippen molar-refractivity contribution in [3.63, 3.8) is 0 Å². The van der Waals surface area contributed by atoms with Crippen LogP contribution >= 0.6 is 0 Å². The van der Waals surface area contributed by atoms with E-state index in [1.165, 1.54) is 12.8 Å². The summed E-state index contributed by atoms with van der Waals surface area (Å²) in [4.78, 5) is 8.95. The van der Waals surface area contributed by atoms with E-state index in [9.17, 15) is 5.11 Å². The molecule has 2 aromatic rings. The molecule has 1 aromatic carbocycles. The topological polar surface area (TPSA) is 52.7 Å². The fraction of sp³-hybridized carbons (Fsp3) is 0.611. The second kappa shape index (κ2) is 7.32. The van der Waals surface area contributed by atoms with Gasteiger partial charge in [0.05, 0.1) is 6.10 Å². The molecule has 0 amide bonds. The molecule has 126 valence electrons. The summed E-state index contributed by atoms with van der Waals surface area (Å²) in [5.41, 5.74) is 1.84. The molecule has 2 fully saturated rings. The number of hydrogen-bond donors (Lipinski definition) is 1. The molecule has 1 N–H and O–H groups in total. The molecule has 1 aromatic heterocycles. The van der Waals surface area contributed by atoms with E-state index < -0.39 is 0 Å². The van der Waals surface area contributed by atoms with E-state index in [4.69, 9.17) is 4.42 Å². The third-order valence-corrected chi connectivity index (χ3v) is 4.84. The molecule has 2 aliphatic rings. The first-order valence-corrected chi connectivity index (χ1v) is 8.62. The van der Waals surface area contributed by atoms with Crippen LogP contribution in [0, 0.1) is 0 Å². The van der Waals surface area contributed by atoms with Gasteiger partial charge < -0.3 is 19.3 Å². The normalized spacial score (nSPS) is 25.4. The van der Waals surface area contributed by atoms with Crippen molar-refractivity contribution in [1.82, 2.24) is 9.88 Å². The van der Waals surface area contributed by atoms with Gasteiger partial charge in [-0.3, -0.25) is 0 Å². The summed E-state index contributed by atoms with van der Waals surface area (Å²) in [6.45, 7) is 5.35. The Morgan fingerprint density at radius 1 is 1.17 bits per heavy atom. The molecule has 0 radical (unpaired) electrons. The predicted molar refractivity (Wildman–Crippen MR) is 92.8 cm³/mol. The van der Waals surface area contributed by atoms with Crippen LogP contribution in [0.25, 0.3) is 11.1 Å². The van der Waals surface area contributed by atoms with E-state index in [-0.39, 0.29) is 6.10 Å². The number of anilines is 1. The number of piperidine rings is 1. The molecule has 0 spiro atoms. The number of para-hydroxylation sites is 2. The zero-order valence-electron chi connectivity index (χ0n) is 14.1. The van der Waals surface area contributed by atoms with Gasteiger partial charge in [-0.1, -0.05) is 12.1 Å². The smallest absolute Gasteiger partial charge is 0.298 e. The molecule has 0 aliphatic carbocycles. The van der Waals surface area contributed by atoms with Crippen molar-refractivity contribution in [3.8, 4) is 0 Å². The minimum Gasteiger partial charge on any atom is -0.423 e. The second-order valence-electron chi connectivity index (χ2n) is 6.67. The van der Waals surface area contributed by atoms with Crippen molar-refractivity contribution in [3.05, 3.63) is 24.3 Å². The average molecular weight is 317 g/mol. The number of fused-ring (bicyclic) bond motifs is 1. The molecule has 5 heteroatoms. The number of aromatic nitrogens is 1. The first-order chi connectivity index (χ1) is 11.1. The van der Waals surface area contributed by atoms with Crippen LogP contribution in [-0.2, 0) is 0 Å². The Morgan fingerprint density at radius 3 is 2.57 bits per heavy atom. The Bertz CT molecular complexity index is 589. The molecule has 2 aliphatic heterocycles. The Labute approximate surface area is 137 Å². The van der Waals surface area contributed by atoms with Gasteiger partial charge >= 0.3 is 0 Å². The molecule has 0 bridgehead atoms. The SMILES string of the molecule is CC1CC(O)CCN1C.c1ccc2oc(N3CCCC3)nc2c1. The Hall–Kier alpha value is -1.59. The summed E-state index contributed by atoms with van der Waals surface area (Å²) >= 11 is 0. The van der Waals surface area contributed by atoms with Crippen molar-refractivity contribution >= 4 is 17.1 Å². The molecule has 2 saturated heterocycles. The average Bonchev–Trinajstić information content (AvgIpc) is 3.20. The van der Waals surface area contributed by atoms with Crippen LogP contribution in [0.5, 0.6) is 0 Å². The van der Waals surface area contributed by atoms with Crippen LogP contribution < -0.4 is 4.90 Å². The summed E-state index contributed by atoms with van der Waals surface area (Å²) in [5.74, 6) is 0. The zero-order valence-corrected chi connectivity index (χ0v) is 14.1. The lowest BCUT2D eigenvalue weighted by molar-refractivity contribution is 0.0624. The number of likely N-dealkylation sites (tertiary alicyclic amines) is 1. The summed E-state index contributed by atoms with van der Waals surface area (Å²) in [6, 6.07) is 9.25. The molecule has 23 heavy (non-hydrogen) atoms. The standard InChI is InChI=1S/C11H12N2O.C7H15NO/c1-2-6-10-9(5-1)12-11(14-10)13-7-3-4-8-13;1-6-5-7(9)3-4-8(6)2/h1-2,5-6H,3-4,7-8H2;6-7,9H,3-5H2,1-2H3. The zero-order chi connectivity index (χ0) is 16.2. The molecule has 2 atom stereocenters. The maximum absolute atomic E-state index is 9.17. The van der Waals surface area contributed by atoms with E-state index in [0.29, 0.717) is 6.04 Å². The third-order valence-electron chi connectivity index (χ3n) is 4.84. The van der Waals surface area contributed by atoms with Crippen LogP contribution in [0.4, 0.5) is 6.01 Å². The number of aliphatic hydroxyl groups excluding tert-OH is 1. The highest BCUT2D eigenvalue weighted by atomic mass is 16.4. The number of rotatable bonds is 1. The largest absolute Gasteiger partial charge is 0.423 e. The maximum atomic E-state index is 9.17. The highest BCUT2D eigenvalue weighted by molar-refractivity contribution is 5.74. The summed E-state index contributed by atoms with van der Waals surface area (Å²) < 4.78 is 5.67. The number of hydrogen-bond acceptors (Lipinski definition) is 5. The molecule has 3 heterocycles. The quantitative estimate of drug-likeness (QED) is 0.876. The van der Waals surface area contributed by atoms with Gasteiger partial charge in [-0.05, 0) is 51.8 Å². The van der Waals surface area contributed by atoms with Crippen LogP contribution in [0.3, 0.4) is 0 Å². The van der Waals surface area contributed by atoms with E-state index in [1.807, 2.05) is 24.3 Å². The Morgan fingerprint density at radius 2 is 1.91 bits per heavy atom. The van der Waals surface area contributed by atoms with Crippen molar-refractivity contribution in [1.29, 1.82) is 0 Å². The van der Waals surface area contributed by atoms with Gasteiger partial charge in [0.1, 0.15) is 5.52 Å². The molecule has 4 rings (SSSR count). The highest BCUT2D eigenvalue weighted by Crippen LogP contribution is 2.24. The Kier molecular flexibility index (Phi) is 5.18. The van der Waals surface area contributed by atoms with Crippen LogP contribution in [0.2, 0.25) is 0 Å². The highest BCUT2D eigenvalue weighted by Gasteiger charge is 2.20. The van der Waals surface area contributed by atoms with Crippen molar-refractivity contribution < 1.29 is 9.52 Å². The van der Waals surface area contributed by atoms with Crippen LogP contribution in [-0.4, -0.2) is 53.8 Å². The molecule has 5 nitrogen and oxygen atoms in total. The first kappa shape index (κ1) is 16.3. The second-order valence-corrected chi connectivity index (χ2v) is 6.67. The van der Waals surface area contributed by atoms with E-state index >= 15 is 0 Å². The van der Waals surface area contributed by atoms with Crippen LogP contribution in [0.15, 0.2) is 28.7 Å². The lowest BCUT2D eigenvalue weighted by atomic mass is 10.0. The molecular weight excluding hydrogens is 290 g/mol. The van der Waals surface area contributed by atoms with Crippen molar-refractivity contribution in [2.75, 3.05) is 31.6 Å². The van der Waals surface area contributed by atoms with Gasteiger partial charge in [0.25, 0.3) is 6.01 Å². The predicted octanol–water partition coefficient (Wildman–Crippen LogP) is 2.89. The fourth-order valence-electron chi connectivity index (χ4n) is 3.17. The van der Waals surface area contributed by atoms with E-state index in [2.05, 4.69) is 28.8 Å². The summed E-state index contributed by atoms with van der Waals surface area (Å²) in [7, 11) is 2.11. The van der Waals surface area contributed by atoms with Crippen LogP contribution in [0.1, 0.15) is 32.6 Å². The number of aliphatic hydroxyl groups is 1. The molecule has 2 unspecified atom stereocenters. The Balaban J connectivity index is 0.000000151. The maximum Gasteiger partial charge on any atom is 0.298 e. The molecule has 0 saturated carbocycles.